The van der Waals surface area contributed by atoms with Crippen LogP contribution in [0.3, 0.4) is 0 Å². The van der Waals surface area contributed by atoms with E-state index in [1.807, 2.05) is 0 Å². The highest BCUT2D eigenvalue weighted by Gasteiger charge is 2.20. The molecule has 0 unspecified atom stereocenters. The highest BCUT2D eigenvalue weighted by Crippen LogP contribution is 2.24. The number of ether oxygens (including phenoxy) is 1. The Morgan fingerprint density at radius 1 is 1.36 bits per heavy atom. The maximum atomic E-state index is 11.6. The molecule has 22 heavy (non-hydrogen) atoms. The highest BCUT2D eigenvalue weighted by atomic mass is 35.5. The second-order valence-corrected chi connectivity index (χ2v) is 4.65. The molecule has 1 aromatic carbocycles. The van der Waals surface area contributed by atoms with Crippen molar-refractivity contribution in [1.29, 1.82) is 0 Å². The molecular formula is C14H14ClNO6. The second kappa shape index (κ2) is 8.04. The minimum atomic E-state index is -1.25. The van der Waals surface area contributed by atoms with Crippen molar-refractivity contribution in [1.82, 2.24) is 5.32 Å². The van der Waals surface area contributed by atoms with Crippen LogP contribution in [0.4, 0.5) is 0 Å². The summed E-state index contributed by atoms with van der Waals surface area (Å²) in [6.07, 6.45) is 1.73. The van der Waals surface area contributed by atoms with Gasteiger partial charge in [-0.25, -0.2) is 9.59 Å². The number of hydrogen-bond donors (Lipinski definition) is 3. The van der Waals surface area contributed by atoms with E-state index in [0.29, 0.717) is 5.56 Å². The average Bonchev–Trinajstić information content (AvgIpc) is 2.47. The van der Waals surface area contributed by atoms with Gasteiger partial charge in [-0.2, -0.15) is 0 Å². The molecule has 1 rings (SSSR count). The molecule has 8 heteroatoms. The van der Waals surface area contributed by atoms with E-state index in [1.165, 1.54) is 18.2 Å². The summed E-state index contributed by atoms with van der Waals surface area (Å²) in [5.41, 5.74) is 0.521. The highest BCUT2D eigenvalue weighted by molar-refractivity contribution is 6.32. The van der Waals surface area contributed by atoms with Gasteiger partial charge >= 0.3 is 11.9 Å². The van der Waals surface area contributed by atoms with Crippen LogP contribution in [-0.2, 0) is 25.5 Å². The third-order valence-corrected chi connectivity index (χ3v) is 2.94. The molecule has 0 aliphatic rings. The van der Waals surface area contributed by atoms with E-state index in [1.54, 1.807) is 0 Å². The van der Waals surface area contributed by atoms with Gasteiger partial charge in [-0.05, 0) is 17.7 Å². The third-order valence-electron chi connectivity index (χ3n) is 2.64. The van der Waals surface area contributed by atoms with Crippen molar-refractivity contribution in [2.45, 2.75) is 12.5 Å². The summed E-state index contributed by atoms with van der Waals surface area (Å²) in [5, 5.41) is 20.7. The van der Waals surface area contributed by atoms with Crippen molar-refractivity contribution in [2.24, 2.45) is 0 Å². The number of carbonyl (C=O) groups is 3. The van der Waals surface area contributed by atoms with E-state index in [4.69, 9.17) is 16.7 Å². The first-order chi connectivity index (χ1) is 10.3. The van der Waals surface area contributed by atoms with E-state index in [0.717, 1.165) is 19.3 Å². The molecule has 0 saturated heterocycles. The maximum Gasteiger partial charge on any atom is 0.330 e. The Labute approximate surface area is 131 Å². The predicted molar refractivity (Wildman–Crippen MR) is 77.5 cm³/mol. The first-order valence-corrected chi connectivity index (χ1v) is 6.48. The lowest BCUT2D eigenvalue weighted by Gasteiger charge is -2.13. The average molecular weight is 328 g/mol. The molecule has 1 aromatic rings. The molecule has 0 fully saturated rings. The van der Waals surface area contributed by atoms with Crippen LogP contribution in [0.15, 0.2) is 30.4 Å². The molecular weight excluding hydrogens is 314 g/mol. The Morgan fingerprint density at radius 3 is 2.59 bits per heavy atom. The first kappa shape index (κ1) is 17.5. The Balaban J connectivity index is 2.75. The van der Waals surface area contributed by atoms with Crippen LogP contribution in [0.1, 0.15) is 5.56 Å². The lowest BCUT2D eigenvalue weighted by atomic mass is 10.1. The number of carbonyl (C=O) groups excluding carboxylic acids is 2. The van der Waals surface area contributed by atoms with Crippen LogP contribution in [0.2, 0.25) is 5.02 Å². The van der Waals surface area contributed by atoms with Gasteiger partial charge in [-0.3, -0.25) is 4.79 Å². The number of nitrogens with one attached hydrogen (secondary N) is 1. The molecule has 0 bridgehead atoms. The number of esters is 1. The number of hydrogen-bond acceptors (Lipinski definition) is 5. The molecule has 0 spiro atoms. The SMILES string of the molecule is COC(=O)C=CC(=O)N[C@H](Cc1ccc(O)c(Cl)c1)C(=O)O. The zero-order valence-electron chi connectivity index (χ0n) is 11.6. The summed E-state index contributed by atoms with van der Waals surface area (Å²) in [6.45, 7) is 0. The van der Waals surface area contributed by atoms with Gasteiger partial charge < -0.3 is 20.3 Å². The van der Waals surface area contributed by atoms with Crippen LogP contribution >= 0.6 is 11.6 Å². The second-order valence-electron chi connectivity index (χ2n) is 4.25. The van der Waals surface area contributed by atoms with Crippen molar-refractivity contribution in [3.63, 3.8) is 0 Å². The lowest BCUT2D eigenvalue weighted by Crippen LogP contribution is -2.41. The minimum Gasteiger partial charge on any atom is -0.506 e. The fraction of sp³-hybridized carbons (Fsp3) is 0.214. The van der Waals surface area contributed by atoms with Gasteiger partial charge in [0, 0.05) is 18.6 Å². The largest absolute Gasteiger partial charge is 0.506 e. The summed E-state index contributed by atoms with van der Waals surface area (Å²) >= 11 is 5.74. The van der Waals surface area contributed by atoms with Gasteiger partial charge in [0.2, 0.25) is 5.91 Å². The summed E-state index contributed by atoms with van der Waals surface area (Å²) in [4.78, 5) is 33.6. The number of rotatable bonds is 6. The topological polar surface area (TPSA) is 113 Å². The van der Waals surface area contributed by atoms with Gasteiger partial charge in [0.25, 0.3) is 0 Å². The predicted octanol–water partition coefficient (Wildman–Crippen LogP) is 0.887. The maximum absolute atomic E-state index is 11.6. The van der Waals surface area contributed by atoms with Crippen LogP contribution in [-0.4, -0.2) is 41.2 Å². The number of amides is 1. The first-order valence-electron chi connectivity index (χ1n) is 6.10. The van der Waals surface area contributed by atoms with Crippen LogP contribution in [0, 0.1) is 0 Å². The number of phenols is 1. The monoisotopic (exact) mass is 327 g/mol. The number of aromatic hydroxyl groups is 1. The molecule has 1 atom stereocenters. The Hall–Kier alpha value is -2.54. The molecule has 0 aliphatic carbocycles. The Kier molecular flexibility index (Phi) is 6.40. The van der Waals surface area contributed by atoms with E-state index in [9.17, 15) is 19.5 Å². The Morgan fingerprint density at radius 2 is 2.05 bits per heavy atom. The van der Waals surface area contributed by atoms with Gasteiger partial charge in [-0.1, -0.05) is 17.7 Å². The van der Waals surface area contributed by atoms with E-state index in [2.05, 4.69) is 10.1 Å². The molecule has 1 amide bonds. The van der Waals surface area contributed by atoms with Crippen molar-refractivity contribution in [3.8, 4) is 5.75 Å². The fourth-order valence-corrected chi connectivity index (χ4v) is 1.75. The van der Waals surface area contributed by atoms with Crippen molar-refractivity contribution < 1.29 is 29.3 Å². The van der Waals surface area contributed by atoms with Crippen molar-refractivity contribution in [2.75, 3.05) is 7.11 Å². The van der Waals surface area contributed by atoms with E-state index in [-0.39, 0.29) is 17.2 Å². The van der Waals surface area contributed by atoms with Crippen LogP contribution in [0.25, 0.3) is 0 Å². The fourth-order valence-electron chi connectivity index (χ4n) is 1.54. The zero-order chi connectivity index (χ0) is 16.7. The number of methoxy groups -OCH3 is 1. The molecule has 3 N–H and O–H groups in total. The van der Waals surface area contributed by atoms with Crippen molar-refractivity contribution >= 4 is 29.4 Å². The molecule has 118 valence electrons. The summed E-state index contributed by atoms with van der Waals surface area (Å²) in [6, 6.07) is 3.02. The van der Waals surface area contributed by atoms with E-state index < -0.39 is 23.9 Å². The van der Waals surface area contributed by atoms with Crippen LogP contribution < -0.4 is 5.32 Å². The number of carboxylic acids is 1. The van der Waals surface area contributed by atoms with E-state index >= 15 is 0 Å². The van der Waals surface area contributed by atoms with Gasteiger partial charge in [0.15, 0.2) is 0 Å². The number of benzene rings is 1. The number of aliphatic carboxylic acids is 1. The molecule has 0 aliphatic heterocycles. The van der Waals surface area contributed by atoms with Gasteiger partial charge in [-0.15, -0.1) is 0 Å². The zero-order valence-corrected chi connectivity index (χ0v) is 12.3. The Bertz CT molecular complexity index is 613. The number of carboxylic acid groups (broad SMARTS) is 1. The van der Waals surface area contributed by atoms with Gasteiger partial charge in [0.05, 0.1) is 12.1 Å². The third kappa shape index (κ3) is 5.45. The molecule has 0 aromatic heterocycles. The lowest BCUT2D eigenvalue weighted by molar-refractivity contribution is -0.141. The molecule has 0 radical (unpaired) electrons. The summed E-state index contributed by atoms with van der Waals surface area (Å²) in [7, 11) is 1.15. The molecule has 7 nitrogen and oxygen atoms in total. The summed E-state index contributed by atoms with van der Waals surface area (Å²) in [5.74, 6) is -2.85. The smallest absolute Gasteiger partial charge is 0.330 e. The summed E-state index contributed by atoms with van der Waals surface area (Å²) < 4.78 is 4.31. The number of phenolic OH excluding ortho intramolecular Hbond substituents is 1. The van der Waals surface area contributed by atoms with Gasteiger partial charge in [0.1, 0.15) is 11.8 Å². The molecule has 0 saturated carbocycles. The quantitative estimate of drug-likeness (QED) is 0.528. The number of halogens is 1. The van der Waals surface area contributed by atoms with Crippen molar-refractivity contribution in [3.05, 3.63) is 40.9 Å². The minimum absolute atomic E-state index is 0.0346. The molecule has 0 heterocycles. The standard InChI is InChI=1S/C14H14ClNO6/c1-22-13(19)5-4-12(18)16-10(14(20)21)7-8-2-3-11(17)9(15)6-8/h2-6,10,17H,7H2,1H3,(H,16,18)(H,20,21)/t10-/m1/s1. The van der Waals surface area contributed by atoms with Crippen LogP contribution in [0.5, 0.6) is 5.75 Å². The normalized spacial score (nSPS) is 11.9.